The molecule has 0 aliphatic rings. The average molecular weight is 275 g/mol. The van der Waals surface area contributed by atoms with Crippen LogP contribution in [0.2, 0.25) is 4.34 Å². The van der Waals surface area contributed by atoms with Crippen LogP contribution in [0, 0.1) is 0 Å². The zero-order chi connectivity index (χ0) is 13.1. The smallest absolute Gasteiger partial charge is 0.234 e. The Morgan fingerprint density at radius 1 is 1.47 bits per heavy atom. The second-order valence-electron chi connectivity index (χ2n) is 5.04. The maximum atomic E-state index is 11.6. The van der Waals surface area contributed by atoms with Crippen molar-refractivity contribution in [2.24, 2.45) is 0 Å². The minimum Gasteiger partial charge on any atom is -0.350 e. The Labute approximate surface area is 112 Å². The van der Waals surface area contributed by atoms with Gasteiger partial charge in [-0.3, -0.25) is 4.79 Å². The Bertz CT molecular complexity index is 384. The van der Waals surface area contributed by atoms with E-state index in [0.717, 1.165) is 9.21 Å². The Hall–Kier alpha value is -0.580. The highest BCUT2D eigenvalue weighted by atomic mass is 35.5. The fraction of sp³-hybridized carbons (Fsp3) is 0.583. The standard InChI is InChI=1S/C12H19ClN2OS/c1-8(9-5-6-10(13)17-9)14-7-11(16)15-12(2,3)4/h5-6,8,14H,7H2,1-4H3,(H,15,16). The van der Waals surface area contributed by atoms with Crippen LogP contribution in [-0.4, -0.2) is 18.0 Å². The molecule has 96 valence electrons. The summed E-state index contributed by atoms with van der Waals surface area (Å²) in [5.74, 6) is 0.00648. The summed E-state index contributed by atoms with van der Waals surface area (Å²) in [6.07, 6.45) is 0. The van der Waals surface area contributed by atoms with E-state index in [1.807, 2.05) is 39.8 Å². The predicted octanol–water partition coefficient (Wildman–Crippen LogP) is 2.97. The van der Waals surface area contributed by atoms with Crippen LogP contribution < -0.4 is 10.6 Å². The molecule has 1 atom stereocenters. The van der Waals surface area contributed by atoms with Crippen molar-refractivity contribution >= 4 is 28.8 Å². The summed E-state index contributed by atoms with van der Waals surface area (Å²) in [5, 5.41) is 6.08. The van der Waals surface area contributed by atoms with Gasteiger partial charge in [0.15, 0.2) is 0 Å². The molecule has 0 saturated carbocycles. The van der Waals surface area contributed by atoms with Crippen molar-refractivity contribution in [1.82, 2.24) is 10.6 Å². The average Bonchev–Trinajstić information content (AvgIpc) is 2.58. The van der Waals surface area contributed by atoms with Gasteiger partial charge in [0.05, 0.1) is 10.9 Å². The Morgan fingerprint density at radius 3 is 2.59 bits per heavy atom. The highest BCUT2D eigenvalue weighted by Gasteiger charge is 2.15. The molecule has 0 aromatic carbocycles. The lowest BCUT2D eigenvalue weighted by atomic mass is 10.1. The van der Waals surface area contributed by atoms with Crippen LogP contribution in [0.5, 0.6) is 0 Å². The van der Waals surface area contributed by atoms with Gasteiger partial charge in [-0.1, -0.05) is 11.6 Å². The third-order valence-corrected chi connectivity index (χ3v) is 3.52. The number of carbonyl (C=O) groups is 1. The SMILES string of the molecule is CC(NCC(=O)NC(C)(C)C)c1ccc(Cl)s1. The highest BCUT2D eigenvalue weighted by molar-refractivity contribution is 7.16. The zero-order valence-electron chi connectivity index (χ0n) is 10.6. The highest BCUT2D eigenvalue weighted by Crippen LogP contribution is 2.26. The molecule has 0 saturated heterocycles. The van der Waals surface area contributed by atoms with Crippen molar-refractivity contribution in [3.8, 4) is 0 Å². The second kappa shape index (κ2) is 5.85. The van der Waals surface area contributed by atoms with Crippen LogP contribution in [0.25, 0.3) is 0 Å². The van der Waals surface area contributed by atoms with Gasteiger partial charge in [-0.15, -0.1) is 11.3 Å². The number of hydrogen-bond donors (Lipinski definition) is 2. The van der Waals surface area contributed by atoms with E-state index < -0.39 is 0 Å². The number of halogens is 1. The first kappa shape index (κ1) is 14.5. The van der Waals surface area contributed by atoms with Gasteiger partial charge < -0.3 is 10.6 Å². The number of carbonyl (C=O) groups excluding carboxylic acids is 1. The molecule has 17 heavy (non-hydrogen) atoms. The fourth-order valence-corrected chi connectivity index (χ4v) is 2.46. The van der Waals surface area contributed by atoms with Crippen molar-refractivity contribution in [1.29, 1.82) is 0 Å². The molecule has 1 unspecified atom stereocenters. The van der Waals surface area contributed by atoms with E-state index in [4.69, 9.17) is 11.6 Å². The van der Waals surface area contributed by atoms with E-state index in [-0.39, 0.29) is 17.5 Å². The molecule has 0 fully saturated rings. The normalized spacial score (nSPS) is 13.5. The van der Waals surface area contributed by atoms with Crippen molar-refractivity contribution < 1.29 is 4.79 Å². The maximum Gasteiger partial charge on any atom is 0.234 e. The van der Waals surface area contributed by atoms with E-state index in [9.17, 15) is 4.79 Å². The predicted molar refractivity (Wildman–Crippen MR) is 73.6 cm³/mol. The van der Waals surface area contributed by atoms with Crippen molar-refractivity contribution in [2.75, 3.05) is 6.54 Å². The zero-order valence-corrected chi connectivity index (χ0v) is 12.2. The third kappa shape index (κ3) is 5.52. The van der Waals surface area contributed by atoms with Gasteiger partial charge in [-0.2, -0.15) is 0 Å². The van der Waals surface area contributed by atoms with E-state index in [1.54, 1.807) is 0 Å². The van der Waals surface area contributed by atoms with Gasteiger partial charge >= 0.3 is 0 Å². The summed E-state index contributed by atoms with van der Waals surface area (Å²) in [6.45, 7) is 8.23. The van der Waals surface area contributed by atoms with Gasteiger partial charge in [0.25, 0.3) is 0 Å². The van der Waals surface area contributed by atoms with Gasteiger partial charge in [-0.25, -0.2) is 0 Å². The number of amides is 1. The summed E-state index contributed by atoms with van der Waals surface area (Å²) in [5.41, 5.74) is -0.186. The van der Waals surface area contributed by atoms with Crippen LogP contribution in [0.4, 0.5) is 0 Å². The molecule has 0 aliphatic carbocycles. The molecule has 1 aromatic heterocycles. The van der Waals surface area contributed by atoms with Crippen LogP contribution >= 0.6 is 22.9 Å². The summed E-state index contributed by atoms with van der Waals surface area (Å²) >= 11 is 7.40. The molecule has 0 aliphatic heterocycles. The van der Waals surface area contributed by atoms with Crippen LogP contribution in [-0.2, 0) is 4.79 Å². The lowest BCUT2D eigenvalue weighted by molar-refractivity contribution is -0.121. The molecule has 0 spiro atoms. The van der Waals surface area contributed by atoms with Gasteiger partial charge in [0.1, 0.15) is 0 Å². The molecule has 0 bridgehead atoms. The second-order valence-corrected chi connectivity index (χ2v) is 6.79. The Morgan fingerprint density at radius 2 is 2.12 bits per heavy atom. The molecule has 1 amide bonds. The quantitative estimate of drug-likeness (QED) is 0.886. The summed E-state index contributed by atoms with van der Waals surface area (Å²) in [7, 11) is 0. The van der Waals surface area contributed by atoms with Crippen LogP contribution in [0.15, 0.2) is 12.1 Å². The fourth-order valence-electron chi connectivity index (χ4n) is 1.37. The topological polar surface area (TPSA) is 41.1 Å². The van der Waals surface area contributed by atoms with Crippen molar-refractivity contribution in [2.45, 2.75) is 39.3 Å². The van der Waals surface area contributed by atoms with Crippen LogP contribution in [0.3, 0.4) is 0 Å². The minimum absolute atomic E-state index is 0.00648. The monoisotopic (exact) mass is 274 g/mol. The molecule has 5 heteroatoms. The Kier molecular flexibility index (Phi) is 4.98. The van der Waals surface area contributed by atoms with E-state index in [0.29, 0.717) is 6.54 Å². The van der Waals surface area contributed by atoms with Gasteiger partial charge in [0, 0.05) is 16.5 Å². The largest absolute Gasteiger partial charge is 0.350 e. The first-order chi connectivity index (χ1) is 7.78. The number of nitrogens with one attached hydrogen (secondary N) is 2. The van der Waals surface area contributed by atoms with Crippen LogP contribution in [0.1, 0.15) is 38.6 Å². The summed E-state index contributed by atoms with van der Waals surface area (Å²) in [4.78, 5) is 12.7. The first-order valence-electron chi connectivity index (χ1n) is 5.57. The van der Waals surface area contributed by atoms with Gasteiger partial charge in [0.2, 0.25) is 5.91 Å². The first-order valence-corrected chi connectivity index (χ1v) is 6.77. The van der Waals surface area contributed by atoms with Gasteiger partial charge in [-0.05, 0) is 39.8 Å². The van der Waals surface area contributed by atoms with E-state index in [1.165, 1.54) is 11.3 Å². The lowest BCUT2D eigenvalue weighted by Crippen LogP contribution is -2.45. The van der Waals surface area contributed by atoms with E-state index in [2.05, 4.69) is 10.6 Å². The molecule has 2 N–H and O–H groups in total. The third-order valence-electron chi connectivity index (χ3n) is 2.10. The lowest BCUT2D eigenvalue weighted by Gasteiger charge is -2.21. The Balaban J connectivity index is 2.38. The molecule has 3 nitrogen and oxygen atoms in total. The maximum absolute atomic E-state index is 11.6. The van der Waals surface area contributed by atoms with E-state index >= 15 is 0 Å². The number of hydrogen-bond acceptors (Lipinski definition) is 3. The molecule has 1 aromatic rings. The molecule has 0 radical (unpaired) electrons. The number of thiophene rings is 1. The molecule has 1 heterocycles. The summed E-state index contributed by atoms with van der Waals surface area (Å²) < 4.78 is 0.771. The minimum atomic E-state index is -0.186. The molecular weight excluding hydrogens is 256 g/mol. The summed E-state index contributed by atoms with van der Waals surface area (Å²) in [6, 6.07) is 3.99. The molecular formula is C12H19ClN2OS. The van der Waals surface area contributed by atoms with Crippen molar-refractivity contribution in [3.05, 3.63) is 21.3 Å². The van der Waals surface area contributed by atoms with Crippen molar-refractivity contribution in [3.63, 3.8) is 0 Å². The molecule has 1 rings (SSSR count). The number of rotatable bonds is 4.